The number of nitrogens with zero attached hydrogens (tertiary/aromatic N) is 1. The average Bonchev–Trinajstić information content (AvgIpc) is 3.68. The van der Waals surface area contributed by atoms with Gasteiger partial charge < -0.3 is 10.1 Å². The van der Waals surface area contributed by atoms with Crippen molar-refractivity contribution in [2.24, 2.45) is 17.8 Å². The Morgan fingerprint density at radius 3 is 2.17 bits per heavy atom. The zero-order valence-corrected chi connectivity index (χ0v) is 27.4. The van der Waals surface area contributed by atoms with Gasteiger partial charge in [0.25, 0.3) is 0 Å². The van der Waals surface area contributed by atoms with Gasteiger partial charge in [0, 0.05) is 44.2 Å². The van der Waals surface area contributed by atoms with Gasteiger partial charge >= 0.3 is 0 Å². The second-order valence-electron chi connectivity index (χ2n) is 12.8. The molecule has 3 fully saturated rings. The Balaban J connectivity index is 0.000000246. The first-order valence-electron chi connectivity index (χ1n) is 15.7. The van der Waals surface area contributed by atoms with Gasteiger partial charge in [0.2, 0.25) is 0 Å². The summed E-state index contributed by atoms with van der Waals surface area (Å²) in [7, 11) is 0. The van der Waals surface area contributed by atoms with Crippen LogP contribution in [0.2, 0.25) is 0 Å². The van der Waals surface area contributed by atoms with Crippen molar-refractivity contribution in [1.29, 1.82) is 0 Å². The minimum absolute atomic E-state index is 0. The molecule has 0 atom stereocenters. The minimum atomic E-state index is 0. The summed E-state index contributed by atoms with van der Waals surface area (Å²) < 4.78 is 0. The molecule has 42 heavy (non-hydrogen) atoms. The van der Waals surface area contributed by atoms with Crippen LogP contribution in [0.4, 0.5) is 0 Å². The fourth-order valence-electron chi connectivity index (χ4n) is 7.08. The van der Waals surface area contributed by atoms with E-state index in [1.165, 1.54) is 84.9 Å². The fraction of sp³-hybridized carbons (Fsp3) is 0.526. The zero-order valence-electron chi connectivity index (χ0n) is 25.0. The van der Waals surface area contributed by atoms with Crippen LogP contribution in [0.25, 0.3) is 22.0 Å². The smallest absolute Gasteiger partial charge is 0.162 e. The Bertz CT molecular complexity index is 1320. The van der Waals surface area contributed by atoms with Crippen molar-refractivity contribution in [3.63, 3.8) is 0 Å². The molecule has 0 saturated heterocycles. The van der Waals surface area contributed by atoms with Gasteiger partial charge in [-0.1, -0.05) is 84.9 Å². The van der Waals surface area contributed by atoms with Gasteiger partial charge in [-0.3, -0.25) is 4.79 Å². The number of aryl methyl sites for hydroxylation is 2. The van der Waals surface area contributed by atoms with Crippen molar-refractivity contribution < 1.29 is 30.0 Å². The number of aliphatic hydroxyl groups is 1. The minimum Gasteiger partial charge on any atom is -0.512 e. The van der Waals surface area contributed by atoms with E-state index in [0.29, 0.717) is 11.7 Å². The predicted molar refractivity (Wildman–Crippen MR) is 172 cm³/mol. The third-order valence-electron chi connectivity index (χ3n) is 9.50. The molecule has 0 bridgehead atoms. The monoisotopic (exact) mass is 745 g/mol. The summed E-state index contributed by atoms with van der Waals surface area (Å²) in [4.78, 5) is 16.5. The van der Waals surface area contributed by atoms with Gasteiger partial charge in [0.15, 0.2) is 5.78 Å². The first-order valence-corrected chi connectivity index (χ1v) is 15.7. The number of hydrogen-bond donors (Lipinski definition) is 1. The Morgan fingerprint density at radius 2 is 1.52 bits per heavy atom. The van der Waals surface area contributed by atoms with Crippen molar-refractivity contribution in [2.75, 3.05) is 0 Å². The van der Waals surface area contributed by atoms with Crippen LogP contribution in [-0.2, 0) is 24.9 Å². The number of fused-ring (bicyclic) bond motifs is 1. The number of benzene rings is 2. The summed E-state index contributed by atoms with van der Waals surface area (Å²) in [5.41, 5.74) is 6.10. The standard InChI is InChI=1S/C24H26N.C13H20O2.CH4.Ir/c1-16-4-6-19(7-5-16)21-9-8-20-10-11-25-24(23(20)15-21)22-13-17(2)12-18(3)14-22;14-12(10-5-1-2-6-10)9-13(15)11-7-3-4-8-11;;/h8-13,15-16,19H,4-7H2,1-3H3;9-11,14H,1-8H2;1H4;/q-1;;;. The molecule has 0 amide bonds. The number of carbonyl (C=O) groups excluding carboxylic acids is 1. The average molecular weight is 745 g/mol. The van der Waals surface area contributed by atoms with E-state index in [0.717, 1.165) is 42.9 Å². The Kier molecular flexibility index (Phi) is 13.0. The molecular formula is C38H50IrNO2-. The zero-order chi connectivity index (χ0) is 28.1. The Morgan fingerprint density at radius 1 is 0.881 bits per heavy atom. The summed E-state index contributed by atoms with van der Waals surface area (Å²) in [6.45, 7) is 6.63. The van der Waals surface area contributed by atoms with Crippen LogP contribution in [0.3, 0.4) is 0 Å². The van der Waals surface area contributed by atoms with Crippen molar-refractivity contribution in [2.45, 2.75) is 111 Å². The quantitative estimate of drug-likeness (QED) is 0.161. The third kappa shape index (κ3) is 8.64. The fourth-order valence-corrected chi connectivity index (χ4v) is 7.08. The van der Waals surface area contributed by atoms with E-state index in [1.54, 1.807) is 0 Å². The number of rotatable bonds is 5. The first kappa shape index (κ1) is 34.2. The molecule has 1 heterocycles. The maximum absolute atomic E-state index is 11.8. The van der Waals surface area contributed by atoms with Crippen LogP contribution in [0.15, 0.2) is 54.4 Å². The number of pyridine rings is 1. The summed E-state index contributed by atoms with van der Waals surface area (Å²) in [6, 6.07) is 17.0. The molecule has 4 heteroatoms. The number of aromatic nitrogens is 1. The van der Waals surface area contributed by atoms with E-state index in [4.69, 9.17) is 4.98 Å². The summed E-state index contributed by atoms with van der Waals surface area (Å²) >= 11 is 0. The van der Waals surface area contributed by atoms with E-state index in [2.05, 4.69) is 63.2 Å². The maximum Gasteiger partial charge on any atom is 0.162 e. The van der Waals surface area contributed by atoms with Crippen LogP contribution in [0.1, 0.15) is 114 Å². The molecule has 0 unspecified atom stereocenters. The normalized spacial score (nSPS) is 21.3. The first-order chi connectivity index (χ1) is 19.4. The topological polar surface area (TPSA) is 50.2 Å². The third-order valence-corrected chi connectivity index (χ3v) is 9.50. The Hall–Kier alpha value is -2.29. The molecule has 3 aliphatic carbocycles. The van der Waals surface area contributed by atoms with Gasteiger partial charge in [-0.2, -0.15) is 0 Å². The molecule has 2 aromatic carbocycles. The molecular weight excluding hydrogens is 695 g/mol. The predicted octanol–water partition coefficient (Wildman–Crippen LogP) is 10.6. The summed E-state index contributed by atoms with van der Waals surface area (Å²) in [5, 5.41) is 12.4. The van der Waals surface area contributed by atoms with Gasteiger partial charge in [-0.05, 0) is 78.5 Å². The van der Waals surface area contributed by atoms with Gasteiger partial charge in [0.05, 0.1) is 5.76 Å². The second kappa shape index (κ2) is 16.0. The van der Waals surface area contributed by atoms with Crippen molar-refractivity contribution in [1.82, 2.24) is 4.98 Å². The van der Waals surface area contributed by atoms with Crippen LogP contribution < -0.4 is 0 Å². The van der Waals surface area contributed by atoms with Crippen LogP contribution in [0, 0.1) is 37.7 Å². The largest absolute Gasteiger partial charge is 0.512 e. The second-order valence-corrected chi connectivity index (χ2v) is 12.8. The molecule has 3 nitrogen and oxygen atoms in total. The Labute approximate surface area is 268 Å². The maximum atomic E-state index is 11.8. The van der Waals surface area contributed by atoms with E-state index in [-0.39, 0.29) is 45.2 Å². The van der Waals surface area contributed by atoms with Crippen molar-refractivity contribution in [3.8, 4) is 11.3 Å². The molecule has 0 spiro atoms. The molecule has 1 aromatic heterocycles. The number of allylic oxidation sites excluding steroid dienone is 2. The molecule has 1 radical (unpaired) electrons. The van der Waals surface area contributed by atoms with E-state index in [9.17, 15) is 9.90 Å². The number of aliphatic hydroxyl groups excluding tert-OH is 1. The summed E-state index contributed by atoms with van der Waals surface area (Å²) in [5.74, 6) is 2.58. The van der Waals surface area contributed by atoms with Gasteiger partial charge in [-0.15, -0.1) is 34.9 Å². The molecule has 3 aromatic rings. The van der Waals surface area contributed by atoms with E-state index in [1.807, 2.05) is 6.20 Å². The van der Waals surface area contributed by atoms with Crippen LogP contribution in [-0.4, -0.2) is 15.9 Å². The number of hydrogen-bond acceptors (Lipinski definition) is 3. The SMILES string of the molecule is C.Cc1[c-]c(-c2nccc3ccc(C4CCC(C)CC4)cc23)cc(C)c1.O=C(C=C(O)C1CCCC1)C1CCCC1.[Ir]. The van der Waals surface area contributed by atoms with E-state index < -0.39 is 0 Å². The molecule has 0 aliphatic heterocycles. The van der Waals surface area contributed by atoms with Gasteiger partial charge in [0.1, 0.15) is 0 Å². The molecule has 1 N–H and O–H groups in total. The van der Waals surface area contributed by atoms with Crippen molar-refractivity contribution >= 4 is 16.6 Å². The van der Waals surface area contributed by atoms with Crippen molar-refractivity contribution in [3.05, 3.63) is 77.2 Å². The number of carbonyl (C=O) groups is 1. The summed E-state index contributed by atoms with van der Waals surface area (Å²) in [6.07, 6.45) is 17.7. The van der Waals surface area contributed by atoms with Crippen LogP contribution in [0.5, 0.6) is 0 Å². The molecule has 3 aliphatic rings. The van der Waals surface area contributed by atoms with Gasteiger partial charge in [-0.25, -0.2) is 0 Å². The molecule has 3 saturated carbocycles. The molecule has 6 rings (SSSR count). The van der Waals surface area contributed by atoms with Crippen LogP contribution >= 0.6 is 0 Å². The van der Waals surface area contributed by atoms with E-state index >= 15 is 0 Å². The number of ketones is 1. The molecule has 229 valence electrons.